The lowest BCUT2D eigenvalue weighted by Gasteiger charge is -2.25. The molecule has 2 aromatic rings. The van der Waals surface area contributed by atoms with Gasteiger partial charge in [0, 0.05) is 6.20 Å². The van der Waals surface area contributed by atoms with Gasteiger partial charge in [-0.1, -0.05) is 0 Å². The number of rotatable bonds is 4. The standard InChI is InChI=1S/C13H14N2O3S/c1-13(12(17)18,7-2-3-7)15-11(16)10-6-8-9(19-10)4-5-14-8/h4-7,14H,2-3H2,1H3,(H,15,16)(H,17,18). The second-order valence-electron chi connectivity index (χ2n) is 5.10. The Balaban J connectivity index is 1.84. The van der Waals surface area contributed by atoms with Crippen molar-refractivity contribution >= 4 is 33.4 Å². The number of carbonyl (C=O) groups is 2. The lowest BCUT2D eigenvalue weighted by Crippen LogP contribution is -2.53. The van der Waals surface area contributed by atoms with Crippen LogP contribution in [0.4, 0.5) is 0 Å². The van der Waals surface area contributed by atoms with Gasteiger partial charge in [-0.2, -0.15) is 0 Å². The van der Waals surface area contributed by atoms with Crippen LogP contribution < -0.4 is 5.32 Å². The highest BCUT2D eigenvalue weighted by Crippen LogP contribution is 2.40. The highest BCUT2D eigenvalue weighted by Gasteiger charge is 2.48. The molecule has 3 N–H and O–H groups in total. The zero-order valence-electron chi connectivity index (χ0n) is 10.4. The maximum absolute atomic E-state index is 12.2. The van der Waals surface area contributed by atoms with Crippen molar-refractivity contribution in [1.82, 2.24) is 10.3 Å². The molecule has 0 aliphatic heterocycles. The zero-order chi connectivity index (χ0) is 13.6. The number of carbonyl (C=O) groups excluding carboxylic acids is 1. The second kappa shape index (κ2) is 4.09. The molecule has 0 aromatic carbocycles. The first kappa shape index (κ1) is 12.2. The predicted molar refractivity (Wildman–Crippen MR) is 72.4 cm³/mol. The fourth-order valence-electron chi connectivity index (χ4n) is 2.25. The highest BCUT2D eigenvalue weighted by atomic mass is 32.1. The monoisotopic (exact) mass is 278 g/mol. The summed E-state index contributed by atoms with van der Waals surface area (Å²) >= 11 is 1.36. The number of hydrogen-bond acceptors (Lipinski definition) is 3. The number of fused-ring (bicyclic) bond motifs is 1. The number of hydrogen-bond donors (Lipinski definition) is 3. The summed E-state index contributed by atoms with van der Waals surface area (Å²) in [6, 6.07) is 3.65. The summed E-state index contributed by atoms with van der Waals surface area (Å²) in [6.07, 6.45) is 3.52. The molecule has 1 unspecified atom stereocenters. The Morgan fingerprint density at radius 2 is 2.26 bits per heavy atom. The van der Waals surface area contributed by atoms with E-state index in [0.717, 1.165) is 23.1 Å². The highest BCUT2D eigenvalue weighted by molar-refractivity contribution is 7.20. The van der Waals surface area contributed by atoms with Crippen molar-refractivity contribution in [2.75, 3.05) is 0 Å². The Bertz CT molecular complexity index is 627. The smallest absolute Gasteiger partial charge is 0.329 e. The Morgan fingerprint density at radius 1 is 1.53 bits per heavy atom. The van der Waals surface area contributed by atoms with Gasteiger partial charge in [-0.15, -0.1) is 11.3 Å². The summed E-state index contributed by atoms with van der Waals surface area (Å²) in [4.78, 5) is 27.1. The molecule has 1 amide bonds. The third-order valence-corrected chi connectivity index (χ3v) is 4.77. The molecule has 1 aliphatic carbocycles. The zero-order valence-corrected chi connectivity index (χ0v) is 11.2. The lowest BCUT2D eigenvalue weighted by atomic mass is 9.96. The SMILES string of the molecule is CC(NC(=O)c1cc2[nH]ccc2s1)(C(=O)O)C1CC1. The third-order valence-electron chi connectivity index (χ3n) is 3.67. The molecule has 1 aliphatic rings. The number of aromatic amines is 1. The average molecular weight is 278 g/mol. The molecular weight excluding hydrogens is 264 g/mol. The van der Waals surface area contributed by atoms with E-state index >= 15 is 0 Å². The summed E-state index contributed by atoms with van der Waals surface area (Å²) in [5, 5.41) is 12.0. The Morgan fingerprint density at radius 3 is 2.84 bits per heavy atom. The van der Waals surface area contributed by atoms with E-state index < -0.39 is 11.5 Å². The molecule has 19 heavy (non-hydrogen) atoms. The van der Waals surface area contributed by atoms with Gasteiger partial charge in [-0.3, -0.25) is 4.79 Å². The molecule has 100 valence electrons. The Hall–Kier alpha value is -1.82. The van der Waals surface area contributed by atoms with E-state index in [9.17, 15) is 14.7 Å². The normalized spacial score (nSPS) is 18.2. The summed E-state index contributed by atoms with van der Waals surface area (Å²) in [6.45, 7) is 1.59. The van der Waals surface area contributed by atoms with E-state index in [1.165, 1.54) is 11.3 Å². The van der Waals surface area contributed by atoms with Gasteiger partial charge in [0.2, 0.25) is 0 Å². The minimum Gasteiger partial charge on any atom is -0.480 e. The van der Waals surface area contributed by atoms with Crippen molar-refractivity contribution in [3.05, 3.63) is 23.2 Å². The summed E-state index contributed by atoms with van der Waals surface area (Å²) < 4.78 is 0.994. The quantitative estimate of drug-likeness (QED) is 0.802. The van der Waals surface area contributed by atoms with Crippen LogP contribution in [0.2, 0.25) is 0 Å². The van der Waals surface area contributed by atoms with E-state index in [0.29, 0.717) is 4.88 Å². The Labute approximate surface area is 113 Å². The fourth-order valence-corrected chi connectivity index (χ4v) is 3.17. The minimum absolute atomic E-state index is 0.0405. The average Bonchev–Trinajstić information content (AvgIpc) is 2.98. The number of aliphatic carboxylic acids is 1. The number of aromatic nitrogens is 1. The topological polar surface area (TPSA) is 82.2 Å². The first-order valence-electron chi connectivity index (χ1n) is 6.13. The molecule has 0 radical (unpaired) electrons. The fraction of sp³-hybridized carbons (Fsp3) is 0.385. The molecule has 5 nitrogen and oxygen atoms in total. The number of H-pyrrole nitrogens is 1. The number of carboxylic acids is 1. The van der Waals surface area contributed by atoms with E-state index in [2.05, 4.69) is 10.3 Å². The van der Waals surface area contributed by atoms with Crippen LogP contribution in [0.15, 0.2) is 18.3 Å². The van der Waals surface area contributed by atoms with Gasteiger partial charge >= 0.3 is 5.97 Å². The van der Waals surface area contributed by atoms with Crippen molar-refractivity contribution in [1.29, 1.82) is 0 Å². The van der Waals surface area contributed by atoms with Gasteiger partial charge in [0.25, 0.3) is 5.91 Å². The van der Waals surface area contributed by atoms with Gasteiger partial charge in [-0.05, 0) is 37.8 Å². The largest absolute Gasteiger partial charge is 0.480 e. The molecular formula is C13H14N2O3S. The first-order valence-corrected chi connectivity index (χ1v) is 6.95. The molecule has 2 heterocycles. The molecule has 1 saturated carbocycles. The molecule has 0 saturated heterocycles. The van der Waals surface area contributed by atoms with Gasteiger partial charge in [0.15, 0.2) is 0 Å². The summed E-state index contributed by atoms with van der Waals surface area (Å²) in [7, 11) is 0. The third kappa shape index (κ3) is 2.02. The molecule has 2 aromatic heterocycles. The van der Waals surface area contributed by atoms with Gasteiger partial charge < -0.3 is 15.4 Å². The van der Waals surface area contributed by atoms with Crippen LogP contribution in [0.5, 0.6) is 0 Å². The van der Waals surface area contributed by atoms with E-state index in [1.807, 2.05) is 12.3 Å². The molecule has 6 heteroatoms. The number of thiophene rings is 1. The van der Waals surface area contributed by atoms with Crippen LogP contribution >= 0.6 is 11.3 Å². The lowest BCUT2D eigenvalue weighted by molar-refractivity contribution is -0.144. The van der Waals surface area contributed by atoms with Crippen LogP contribution in [-0.4, -0.2) is 27.5 Å². The molecule has 0 bridgehead atoms. The van der Waals surface area contributed by atoms with Gasteiger partial charge in [0.05, 0.1) is 15.1 Å². The van der Waals surface area contributed by atoms with Crippen molar-refractivity contribution in [3.63, 3.8) is 0 Å². The van der Waals surface area contributed by atoms with Crippen LogP contribution in [0, 0.1) is 5.92 Å². The number of amides is 1. The molecule has 1 atom stereocenters. The van der Waals surface area contributed by atoms with E-state index in [-0.39, 0.29) is 11.8 Å². The first-order chi connectivity index (χ1) is 9.00. The van der Waals surface area contributed by atoms with Gasteiger partial charge in [0.1, 0.15) is 5.54 Å². The minimum atomic E-state index is -1.16. The molecule has 3 rings (SSSR count). The number of carboxylic acid groups (broad SMARTS) is 1. The van der Waals surface area contributed by atoms with Crippen LogP contribution in [0.1, 0.15) is 29.4 Å². The van der Waals surface area contributed by atoms with Crippen molar-refractivity contribution in [2.45, 2.75) is 25.3 Å². The molecule has 0 spiro atoms. The van der Waals surface area contributed by atoms with E-state index in [4.69, 9.17) is 0 Å². The van der Waals surface area contributed by atoms with Crippen LogP contribution in [0.3, 0.4) is 0 Å². The summed E-state index contributed by atoms with van der Waals surface area (Å²) in [5.74, 6) is -1.24. The predicted octanol–water partition coefficient (Wildman–Crippen LogP) is 2.21. The molecule has 1 fully saturated rings. The second-order valence-corrected chi connectivity index (χ2v) is 6.19. The Kier molecular flexibility index (Phi) is 2.63. The maximum atomic E-state index is 12.2. The van der Waals surface area contributed by atoms with Crippen molar-refractivity contribution in [2.24, 2.45) is 5.92 Å². The van der Waals surface area contributed by atoms with E-state index in [1.54, 1.807) is 13.0 Å². The van der Waals surface area contributed by atoms with Crippen molar-refractivity contribution < 1.29 is 14.7 Å². The van der Waals surface area contributed by atoms with Crippen molar-refractivity contribution in [3.8, 4) is 0 Å². The van der Waals surface area contributed by atoms with Gasteiger partial charge in [-0.25, -0.2) is 4.79 Å². The van der Waals surface area contributed by atoms with Crippen LogP contribution in [0.25, 0.3) is 10.2 Å². The number of nitrogens with one attached hydrogen (secondary N) is 2. The maximum Gasteiger partial charge on any atom is 0.329 e. The summed E-state index contributed by atoms with van der Waals surface area (Å²) in [5.41, 5.74) is -0.256. The van der Waals surface area contributed by atoms with Crippen LogP contribution in [-0.2, 0) is 4.79 Å².